The number of H-pyrrole nitrogens is 2. The number of fused-ring (bicyclic) bond motifs is 2. The molecule has 0 aliphatic carbocycles. The molecule has 0 atom stereocenters. The van der Waals surface area contributed by atoms with Gasteiger partial charge < -0.3 is 4.98 Å². The van der Waals surface area contributed by atoms with Gasteiger partial charge in [0, 0.05) is 53.3 Å². The maximum Gasteiger partial charge on any atom is 0.159 e. The largest absolute Gasteiger partial charge is 0.336 e. The topological polar surface area (TPSA) is 86.4 Å². The Bertz CT molecular complexity index is 1800. The summed E-state index contributed by atoms with van der Waals surface area (Å²) >= 11 is 0. The van der Waals surface area contributed by atoms with E-state index in [2.05, 4.69) is 30.0 Å². The van der Waals surface area contributed by atoms with E-state index >= 15 is 4.39 Å². The van der Waals surface area contributed by atoms with Gasteiger partial charge in [-0.15, -0.1) is 0 Å². The standard InChI is InChI=1S/C29H23F2N7/c30-20-5-3-4-18(11-20)26-28-24(6-7-33-26)34-29(35-28)27-22-12-21(23(31)13-25(22)36-37-27)19-10-17(14-32-15-19)16-38-8-1-2-9-38/h3-7,10-15H,1-2,8-9,16H2,(H,34,35)(H,36,37). The van der Waals surface area contributed by atoms with Crippen molar-refractivity contribution >= 4 is 21.9 Å². The van der Waals surface area contributed by atoms with Gasteiger partial charge in [-0.3, -0.25) is 20.0 Å². The highest BCUT2D eigenvalue weighted by Crippen LogP contribution is 2.34. The van der Waals surface area contributed by atoms with Crippen LogP contribution in [0.5, 0.6) is 0 Å². The average molecular weight is 508 g/mol. The second kappa shape index (κ2) is 9.11. The van der Waals surface area contributed by atoms with Crippen LogP contribution in [-0.2, 0) is 6.54 Å². The minimum absolute atomic E-state index is 0.344. The van der Waals surface area contributed by atoms with Crippen molar-refractivity contribution in [1.82, 2.24) is 35.0 Å². The first kappa shape index (κ1) is 22.7. The van der Waals surface area contributed by atoms with Crippen LogP contribution in [0.2, 0.25) is 0 Å². The number of aromatic nitrogens is 6. The van der Waals surface area contributed by atoms with Crippen molar-refractivity contribution in [2.75, 3.05) is 13.1 Å². The monoisotopic (exact) mass is 507 g/mol. The molecule has 1 aliphatic rings. The first-order valence-electron chi connectivity index (χ1n) is 12.6. The van der Waals surface area contributed by atoms with E-state index in [0.29, 0.717) is 39.4 Å². The Morgan fingerprint density at radius 3 is 2.66 bits per heavy atom. The molecule has 2 aromatic carbocycles. The van der Waals surface area contributed by atoms with Gasteiger partial charge in [-0.2, -0.15) is 5.10 Å². The Balaban J connectivity index is 1.31. The van der Waals surface area contributed by atoms with E-state index in [1.54, 1.807) is 30.6 Å². The highest BCUT2D eigenvalue weighted by atomic mass is 19.1. The van der Waals surface area contributed by atoms with Crippen LogP contribution in [-0.4, -0.2) is 48.1 Å². The predicted molar refractivity (Wildman–Crippen MR) is 142 cm³/mol. The molecule has 5 heterocycles. The molecule has 0 bridgehead atoms. The van der Waals surface area contributed by atoms with E-state index in [4.69, 9.17) is 4.98 Å². The molecule has 7 rings (SSSR count). The van der Waals surface area contributed by atoms with Crippen LogP contribution in [0.1, 0.15) is 18.4 Å². The number of imidazole rings is 1. The van der Waals surface area contributed by atoms with Crippen molar-refractivity contribution in [3.63, 3.8) is 0 Å². The number of halogens is 2. The molecule has 0 spiro atoms. The van der Waals surface area contributed by atoms with E-state index in [1.165, 1.54) is 31.0 Å². The fourth-order valence-corrected chi connectivity index (χ4v) is 5.25. The zero-order chi connectivity index (χ0) is 25.6. The van der Waals surface area contributed by atoms with Gasteiger partial charge in [-0.1, -0.05) is 12.1 Å². The fourth-order valence-electron chi connectivity index (χ4n) is 5.25. The van der Waals surface area contributed by atoms with Crippen molar-refractivity contribution in [3.8, 4) is 33.9 Å². The molecule has 1 fully saturated rings. The lowest BCUT2D eigenvalue weighted by Crippen LogP contribution is -2.18. The lowest BCUT2D eigenvalue weighted by molar-refractivity contribution is 0.331. The van der Waals surface area contributed by atoms with Crippen LogP contribution < -0.4 is 0 Å². The van der Waals surface area contributed by atoms with E-state index < -0.39 is 0 Å². The SMILES string of the molecule is Fc1cccc(-c2nccc3[nH]c(-c4n[nH]c5cc(F)c(-c6cncc(CN7CCCC7)c6)cc45)nc23)c1. The van der Waals surface area contributed by atoms with Crippen LogP contribution >= 0.6 is 0 Å². The molecule has 9 heteroatoms. The Labute approximate surface area is 216 Å². The Morgan fingerprint density at radius 2 is 1.79 bits per heavy atom. The maximum absolute atomic E-state index is 15.2. The number of hydrogen-bond acceptors (Lipinski definition) is 5. The smallest absolute Gasteiger partial charge is 0.159 e. The van der Waals surface area contributed by atoms with E-state index in [9.17, 15) is 4.39 Å². The minimum atomic E-state index is -0.352. The van der Waals surface area contributed by atoms with Crippen molar-refractivity contribution < 1.29 is 8.78 Å². The molecule has 1 aliphatic heterocycles. The van der Waals surface area contributed by atoms with Gasteiger partial charge in [0.1, 0.15) is 22.8 Å². The van der Waals surface area contributed by atoms with Gasteiger partial charge in [0.25, 0.3) is 0 Å². The number of aromatic amines is 2. The first-order chi connectivity index (χ1) is 18.6. The minimum Gasteiger partial charge on any atom is -0.336 e. The van der Waals surface area contributed by atoms with Gasteiger partial charge in [-0.05, 0) is 61.8 Å². The van der Waals surface area contributed by atoms with Crippen molar-refractivity contribution in [2.45, 2.75) is 19.4 Å². The third-order valence-corrected chi connectivity index (χ3v) is 7.08. The van der Waals surface area contributed by atoms with Gasteiger partial charge >= 0.3 is 0 Å². The molecule has 38 heavy (non-hydrogen) atoms. The quantitative estimate of drug-likeness (QED) is 0.294. The molecule has 6 aromatic rings. The summed E-state index contributed by atoms with van der Waals surface area (Å²) in [5.74, 6) is -0.186. The van der Waals surface area contributed by atoms with Crippen molar-refractivity contribution in [1.29, 1.82) is 0 Å². The Hall–Kier alpha value is -4.50. The number of benzene rings is 2. The lowest BCUT2D eigenvalue weighted by atomic mass is 10.0. The Kier molecular flexibility index (Phi) is 5.44. The number of hydrogen-bond donors (Lipinski definition) is 2. The maximum atomic E-state index is 15.2. The average Bonchev–Trinajstić information content (AvgIpc) is 3.67. The van der Waals surface area contributed by atoms with Crippen molar-refractivity contribution in [2.24, 2.45) is 0 Å². The number of nitrogens with one attached hydrogen (secondary N) is 2. The zero-order valence-corrected chi connectivity index (χ0v) is 20.4. The number of nitrogens with zero attached hydrogens (tertiary/aromatic N) is 5. The van der Waals surface area contributed by atoms with Gasteiger partial charge in [0.15, 0.2) is 5.82 Å². The molecular formula is C29H23F2N7. The highest BCUT2D eigenvalue weighted by Gasteiger charge is 2.19. The summed E-state index contributed by atoms with van der Waals surface area (Å²) in [5.41, 5.74) is 5.89. The molecule has 2 N–H and O–H groups in total. The number of rotatable bonds is 5. The molecule has 188 valence electrons. The summed E-state index contributed by atoms with van der Waals surface area (Å²) in [7, 11) is 0. The number of pyridine rings is 2. The molecule has 4 aromatic heterocycles. The summed E-state index contributed by atoms with van der Waals surface area (Å²) in [5, 5.41) is 8.11. The first-order valence-corrected chi connectivity index (χ1v) is 12.6. The molecule has 7 nitrogen and oxygen atoms in total. The number of likely N-dealkylation sites (tertiary alicyclic amines) is 1. The molecule has 1 saturated heterocycles. The van der Waals surface area contributed by atoms with Gasteiger partial charge in [-0.25, -0.2) is 13.8 Å². The summed E-state index contributed by atoms with van der Waals surface area (Å²) in [6, 6.07) is 13.3. The van der Waals surface area contributed by atoms with E-state index in [-0.39, 0.29) is 11.6 Å². The Morgan fingerprint density at radius 1 is 0.895 bits per heavy atom. The van der Waals surface area contributed by atoms with Crippen LogP contribution in [0.15, 0.2) is 67.1 Å². The normalized spacial score (nSPS) is 14.2. The van der Waals surface area contributed by atoms with Crippen LogP contribution in [0.4, 0.5) is 8.78 Å². The summed E-state index contributed by atoms with van der Waals surface area (Å²) < 4.78 is 29.1. The molecular weight excluding hydrogens is 484 g/mol. The summed E-state index contributed by atoms with van der Waals surface area (Å²) in [6.07, 6.45) is 7.62. The van der Waals surface area contributed by atoms with Gasteiger partial charge in [0.2, 0.25) is 0 Å². The zero-order valence-electron chi connectivity index (χ0n) is 20.4. The molecule has 0 unspecified atom stereocenters. The molecule has 0 radical (unpaired) electrons. The summed E-state index contributed by atoms with van der Waals surface area (Å²) in [6.45, 7) is 2.97. The summed E-state index contributed by atoms with van der Waals surface area (Å²) in [4.78, 5) is 19.3. The van der Waals surface area contributed by atoms with Crippen LogP contribution in [0.3, 0.4) is 0 Å². The second-order valence-corrected chi connectivity index (χ2v) is 9.67. The third kappa shape index (κ3) is 4.01. The second-order valence-electron chi connectivity index (χ2n) is 9.67. The van der Waals surface area contributed by atoms with Crippen LogP contribution in [0.25, 0.3) is 55.8 Å². The van der Waals surface area contributed by atoms with E-state index in [0.717, 1.165) is 41.7 Å². The highest BCUT2D eigenvalue weighted by molar-refractivity contribution is 5.97. The lowest BCUT2D eigenvalue weighted by Gasteiger charge is -2.15. The third-order valence-electron chi connectivity index (χ3n) is 7.08. The molecule has 0 amide bonds. The van der Waals surface area contributed by atoms with Gasteiger partial charge in [0.05, 0.1) is 16.7 Å². The van der Waals surface area contributed by atoms with Crippen molar-refractivity contribution in [3.05, 3.63) is 84.3 Å². The fraction of sp³-hybridized carbons (Fsp3) is 0.172. The van der Waals surface area contributed by atoms with E-state index in [1.807, 2.05) is 18.3 Å². The molecule has 0 saturated carbocycles. The predicted octanol–water partition coefficient (Wildman–Crippen LogP) is 6.10. The van der Waals surface area contributed by atoms with Crippen LogP contribution in [0, 0.1) is 11.6 Å².